The van der Waals surface area contributed by atoms with Gasteiger partial charge in [0.05, 0.1) is 11.3 Å². The van der Waals surface area contributed by atoms with Crippen molar-refractivity contribution in [2.45, 2.75) is 0 Å². The summed E-state index contributed by atoms with van der Waals surface area (Å²) in [5.41, 5.74) is -1.57. The molecular weight excluding hydrogens is 274 g/mol. The van der Waals surface area contributed by atoms with Gasteiger partial charge in [-0.3, -0.25) is 14.9 Å². The number of nitrogens with zero attached hydrogens (tertiary/aromatic N) is 2. The molecule has 0 bridgehead atoms. The Bertz CT molecular complexity index is 883. The van der Waals surface area contributed by atoms with Gasteiger partial charge in [0.2, 0.25) is 0 Å². The predicted molar refractivity (Wildman–Crippen MR) is 75.5 cm³/mol. The SMILES string of the molecule is O=c1[nH]cnc(Oc2cccc3ccccc23)c1[N+](=O)[O-]. The van der Waals surface area contributed by atoms with Crippen LogP contribution in [-0.4, -0.2) is 14.9 Å². The molecule has 0 aliphatic heterocycles. The molecule has 0 aliphatic carbocycles. The van der Waals surface area contributed by atoms with Gasteiger partial charge < -0.3 is 9.72 Å². The lowest BCUT2D eigenvalue weighted by Gasteiger charge is -2.07. The molecule has 0 unspecified atom stereocenters. The van der Waals surface area contributed by atoms with Gasteiger partial charge in [0, 0.05) is 5.39 Å². The Morgan fingerprint density at radius 2 is 1.90 bits per heavy atom. The number of aromatic nitrogens is 2. The number of nitrogens with one attached hydrogen (secondary N) is 1. The van der Waals surface area contributed by atoms with Crippen LogP contribution in [0.4, 0.5) is 5.69 Å². The lowest BCUT2D eigenvalue weighted by atomic mass is 10.1. The molecule has 1 N–H and O–H groups in total. The highest BCUT2D eigenvalue weighted by atomic mass is 16.6. The molecule has 0 fully saturated rings. The fraction of sp³-hybridized carbons (Fsp3) is 0. The minimum absolute atomic E-state index is 0.333. The second-order valence-corrected chi connectivity index (χ2v) is 4.22. The summed E-state index contributed by atoms with van der Waals surface area (Å²) in [6, 6.07) is 12.7. The first-order chi connectivity index (χ1) is 10.2. The van der Waals surface area contributed by atoms with E-state index in [1.165, 1.54) is 0 Å². The van der Waals surface area contributed by atoms with Gasteiger partial charge in [-0.15, -0.1) is 0 Å². The van der Waals surface area contributed by atoms with E-state index in [0.717, 1.165) is 17.1 Å². The Kier molecular flexibility index (Phi) is 3.07. The van der Waals surface area contributed by atoms with Crippen LogP contribution in [0, 0.1) is 10.1 Å². The number of hydrogen-bond donors (Lipinski definition) is 1. The van der Waals surface area contributed by atoms with Crippen molar-refractivity contribution in [3.63, 3.8) is 0 Å². The Hall–Kier alpha value is -3.22. The van der Waals surface area contributed by atoms with Crippen molar-refractivity contribution >= 4 is 16.5 Å². The van der Waals surface area contributed by atoms with E-state index in [0.29, 0.717) is 5.75 Å². The largest absolute Gasteiger partial charge is 0.433 e. The Morgan fingerprint density at radius 1 is 1.14 bits per heavy atom. The van der Waals surface area contributed by atoms with Crippen LogP contribution in [0.3, 0.4) is 0 Å². The molecule has 0 radical (unpaired) electrons. The van der Waals surface area contributed by atoms with Gasteiger partial charge in [0.1, 0.15) is 5.75 Å². The first-order valence-corrected chi connectivity index (χ1v) is 6.04. The summed E-state index contributed by atoms with van der Waals surface area (Å²) >= 11 is 0. The molecule has 1 aromatic heterocycles. The summed E-state index contributed by atoms with van der Waals surface area (Å²) in [4.78, 5) is 27.6. The number of hydrogen-bond acceptors (Lipinski definition) is 5. The molecule has 0 saturated carbocycles. The number of H-pyrrole nitrogens is 1. The van der Waals surface area contributed by atoms with Crippen molar-refractivity contribution < 1.29 is 9.66 Å². The molecule has 7 heteroatoms. The quantitative estimate of drug-likeness (QED) is 0.588. The third-order valence-electron chi connectivity index (χ3n) is 2.93. The van der Waals surface area contributed by atoms with Crippen LogP contribution in [0.15, 0.2) is 53.6 Å². The van der Waals surface area contributed by atoms with E-state index in [2.05, 4.69) is 9.97 Å². The van der Waals surface area contributed by atoms with Gasteiger partial charge in [-0.1, -0.05) is 36.4 Å². The maximum Gasteiger partial charge on any atom is 0.395 e. The second kappa shape index (κ2) is 5.04. The minimum Gasteiger partial charge on any atom is -0.433 e. The predicted octanol–water partition coefficient (Wildman–Crippen LogP) is 2.62. The Balaban J connectivity index is 2.14. The highest BCUT2D eigenvalue weighted by Crippen LogP contribution is 2.31. The minimum atomic E-state index is -0.856. The van der Waals surface area contributed by atoms with Crippen LogP contribution in [0.2, 0.25) is 0 Å². The third-order valence-corrected chi connectivity index (χ3v) is 2.93. The van der Waals surface area contributed by atoms with Crippen LogP contribution in [0.1, 0.15) is 0 Å². The summed E-state index contributed by atoms with van der Waals surface area (Å²) in [5.74, 6) is 0.0643. The number of aromatic amines is 1. The summed E-state index contributed by atoms with van der Waals surface area (Å²) < 4.78 is 5.49. The van der Waals surface area contributed by atoms with Crippen LogP contribution in [0.25, 0.3) is 10.8 Å². The normalized spacial score (nSPS) is 10.5. The molecule has 0 spiro atoms. The summed E-state index contributed by atoms with van der Waals surface area (Å²) in [7, 11) is 0. The van der Waals surface area contributed by atoms with Crippen LogP contribution in [0.5, 0.6) is 11.6 Å². The molecule has 0 atom stereocenters. The second-order valence-electron chi connectivity index (χ2n) is 4.22. The zero-order chi connectivity index (χ0) is 14.8. The molecule has 7 nitrogen and oxygen atoms in total. The van der Waals surface area contributed by atoms with Crippen LogP contribution >= 0.6 is 0 Å². The zero-order valence-electron chi connectivity index (χ0n) is 10.6. The summed E-state index contributed by atoms with van der Waals surface area (Å²) in [6.07, 6.45) is 1.07. The van der Waals surface area contributed by atoms with E-state index in [4.69, 9.17) is 4.74 Å². The van der Waals surface area contributed by atoms with Crippen molar-refractivity contribution in [1.82, 2.24) is 9.97 Å². The van der Waals surface area contributed by atoms with Gasteiger partial charge in [-0.25, -0.2) is 0 Å². The number of fused-ring (bicyclic) bond motifs is 1. The monoisotopic (exact) mass is 283 g/mol. The van der Waals surface area contributed by atoms with Crippen molar-refractivity contribution in [2.75, 3.05) is 0 Å². The van der Waals surface area contributed by atoms with Crippen LogP contribution < -0.4 is 10.3 Å². The van der Waals surface area contributed by atoms with E-state index >= 15 is 0 Å². The molecule has 3 aromatic rings. The number of ether oxygens (including phenoxy) is 1. The number of benzene rings is 2. The standard InChI is InChI=1S/C14H9N3O4/c18-13-12(17(19)20)14(16-8-15-13)21-11-7-3-5-9-4-1-2-6-10(9)11/h1-8H,(H,15,16,18). The molecule has 21 heavy (non-hydrogen) atoms. The molecule has 104 valence electrons. The highest BCUT2D eigenvalue weighted by molar-refractivity contribution is 5.88. The van der Waals surface area contributed by atoms with Crippen molar-refractivity contribution in [2.24, 2.45) is 0 Å². The van der Waals surface area contributed by atoms with Crippen LogP contribution in [-0.2, 0) is 0 Å². The average Bonchev–Trinajstić information content (AvgIpc) is 2.47. The van der Waals surface area contributed by atoms with Gasteiger partial charge in [0.15, 0.2) is 0 Å². The van der Waals surface area contributed by atoms with E-state index in [-0.39, 0.29) is 5.88 Å². The van der Waals surface area contributed by atoms with Gasteiger partial charge in [-0.2, -0.15) is 4.98 Å². The highest BCUT2D eigenvalue weighted by Gasteiger charge is 2.23. The summed E-state index contributed by atoms with van der Waals surface area (Å²) in [6.45, 7) is 0. The Labute approximate surface area is 118 Å². The number of nitro groups is 1. The summed E-state index contributed by atoms with van der Waals surface area (Å²) in [5, 5.41) is 12.7. The van der Waals surface area contributed by atoms with E-state index in [1.54, 1.807) is 12.1 Å². The number of rotatable bonds is 3. The fourth-order valence-electron chi connectivity index (χ4n) is 2.00. The lowest BCUT2D eigenvalue weighted by molar-refractivity contribution is -0.387. The fourth-order valence-corrected chi connectivity index (χ4v) is 2.00. The van der Waals surface area contributed by atoms with E-state index < -0.39 is 16.2 Å². The maximum absolute atomic E-state index is 11.5. The first-order valence-electron chi connectivity index (χ1n) is 6.04. The zero-order valence-corrected chi connectivity index (χ0v) is 10.6. The molecule has 2 aromatic carbocycles. The lowest BCUT2D eigenvalue weighted by Crippen LogP contribution is -2.13. The van der Waals surface area contributed by atoms with Gasteiger partial charge in [-0.05, 0) is 11.5 Å². The van der Waals surface area contributed by atoms with Crippen molar-refractivity contribution in [3.05, 3.63) is 69.3 Å². The average molecular weight is 283 g/mol. The van der Waals surface area contributed by atoms with Crippen molar-refractivity contribution in [3.8, 4) is 11.6 Å². The molecule has 1 heterocycles. The molecule has 0 saturated heterocycles. The first kappa shape index (κ1) is 12.8. The van der Waals surface area contributed by atoms with E-state index in [1.807, 2.05) is 30.3 Å². The van der Waals surface area contributed by atoms with Gasteiger partial charge in [0.25, 0.3) is 0 Å². The topological polar surface area (TPSA) is 98.1 Å². The maximum atomic E-state index is 11.5. The van der Waals surface area contributed by atoms with Crippen molar-refractivity contribution in [1.29, 1.82) is 0 Å². The Morgan fingerprint density at radius 3 is 2.71 bits per heavy atom. The molecule has 0 aliphatic rings. The molecular formula is C14H9N3O4. The molecule has 3 rings (SSSR count). The van der Waals surface area contributed by atoms with Gasteiger partial charge >= 0.3 is 17.1 Å². The third kappa shape index (κ3) is 2.32. The van der Waals surface area contributed by atoms with E-state index in [9.17, 15) is 14.9 Å². The molecule has 0 amide bonds. The smallest absolute Gasteiger partial charge is 0.395 e.